The Bertz CT molecular complexity index is 493. The number of hydrogen-bond acceptors (Lipinski definition) is 4. The van der Waals surface area contributed by atoms with Gasteiger partial charge in [0.1, 0.15) is 12.4 Å². The minimum Gasteiger partial charge on any atom is -0.492 e. The fraction of sp³-hybridized carbons (Fsp3) is 0.500. The van der Waals surface area contributed by atoms with Crippen LogP contribution in [0.25, 0.3) is 0 Å². The number of nitrogens with two attached hydrogens (primary N) is 1. The van der Waals surface area contributed by atoms with Crippen LogP contribution in [0.2, 0.25) is 5.02 Å². The molecule has 20 heavy (non-hydrogen) atoms. The second-order valence-electron chi connectivity index (χ2n) is 5.07. The Morgan fingerprint density at radius 1 is 1.55 bits per heavy atom. The number of hydrogen-bond donors (Lipinski definition) is 2. The zero-order chi connectivity index (χ0) is 14.5. The minimum absolute atomic E-state index is 0.00596. The van der Waals surface area contributed by atoms with Crippen LogP contribution >= 0.6 is 11.6 Å². The first kappa shape index (κ1) is 14.9. The van der Waals surface area contributed by atoms with E-state index < -0.39 is 0 Å². The molecule has 0 bridgehead atoms. The van der Waals surface area contributed by atoms with E-state index >= 15 is 0 Å². The normalized spacial score (nSPS) is 20.9. The fourth-order valence-corrected chi connectivity index (χ4v) is 2.66. The summed E-state index contributed by atoms with van der Waals surface area (Å²) in [6, 6.07) is 5.61. The van der Waals surface area contributed by atoms with Crippen molar-refractivity contribution >= 4 is 17.4 Å². The third kappa shape index (κ3) is 3.55. The Balaban J connectivity index is 1.98. The van der Waals surface area contributed by atoms with Gasteiger partial charge in [0, 0.05) is 11.6 Å². The molecule has 1 aromatic carbocycles. The predicted octanol–water partition coefficient (Wildman–Crippen LogP) is 2.30. The number of nitrogens with zero attached hydrogens (tertiary/aromatic N) is 2. The molecule has 1 aromatic rings. The van der Waals surface area contributed by atoms with Crippen LogP contribution in [-0.4, -0.2) is 42.2 Å². The number of likely N-dealkylation sites (tertiary alicyclic amines) is 1. The summed E-state index contributed by atoms with van der Waals surface area (Å²) in [6.45, 7) is 1.77. The summed E-state index contributed by atoms with van der Waals surface area (Å²) in [5, 5.41) is 12.0. The highest BCUT2D eigenvalue weighted by Crippen LogP contribution is 2.23. The monoisotopic (exact) mass is 297 g/mol. The van der Waals surface area contributed by atoms with E-state index in [1.54, 1.807) is 18.2 Å². The largest absolute Gasteiger partial charge is 0.492 e. The first-order valence-corrected chi connectivity index (χ1v) is 7.10. The SMILES string of the molecule is CN1CCCCC1COc1ccc(C(N)=NO)c(Cl)c1. The van der Waals surface area contributed by atoms with Crippen molar-refractivity contribution in [3.8, 4) is 5.75 Å². The Morgan fingerprint density at radius 2 is 2.35 bits per heavy atom. The molecule has 1 saturated heterocycles. The minimum atomic E-state index is -0.00596. The van der Waals surface area contributed by atoms with E-state index in [-0.39, 0.29) is 5.84 Å². The lowest BCUT2D eigenvalue weighted by Gasteiger charge is -2.32. The molecular weight excluding hydrogens is 278 g/mol. The molecule has 3 N–H and O–H groups in total. The topological polar surface area (TPSA) is 71.1 Å². The molecule has 1 unspecified atom stereocenters. The van der Waals surface area contributed by atoms with Gasteiger partial charge in [-0.3, -0.25) is 0 Å². The van der Waals surface area contributed by atoms with Gasteiger partial charge in [-0.25, -0.2) is 0 Å². The molecule has 0 aliphatic carbocycles. The summed E-state index contributed by atoms with van der Waals surface area (Å²) < 4.78 is 5.80. The number of benzene rings is 1. The third-order valence-electron chi connectivity index (χ3n) is 3.69. The summed E-state index contributed by atoms with van der Waals surface area (Å²) in [4.78, 5) is 2.33. The summed E-state index contributed by atoms with van der Waals surface area (Å²) in [7, 11) is 2.13. The summed E-state index contributed by atoms with van der Waals surface area (Å²) in [6.07, 6.45) is 3.67. The van der Waals surface area contributed by atoms with E-state index in [4.69, 9.17) is 27.3 Å². The zero-order valence-corrected chi connectivity index (χ0v) is 12.3. The van der Waals surface area contributed by atoms with Gasteiger partial charge in [0.15, 0.2) is 5.84 Å². The lowest BCUT2D eigenvalue weighted by atomic mass is 10.0. The molecule has 0 amide bonds. The van der Waals surface area contributed by atoms with E-state index in [0.29, 0.717) is 29.0 Å². The second kappa shape index (κ2) is 6.81. The average Bonchev–Trinajstić information content (AvgIpc) is 2.46. The highest BCUT2D eigenvalue weighted by molar-refractivity contribution is 6.34. The van der Waals surface area contributed by atoms with Gasteiger partial charge < -0.3 is 20.6 Å². The number of amidine groups is 1. The third-order valence-corrected chi connectivity index (χ3v) is 4.00. The van der Waals surface area contributed by atoms with Gasteiger partial charge in [0.2, 0.25) is 0 Å². The summed E-state index contributed by atoms with van der Waals surface area (Å²) in [5.41, 5.74) is 6.02. The number of piperidine rings is 1. The van der Waals surface area contributed by atoms with Crippen LogP contribution < -0.4 is 10.5 Å². The molecule has 0 spiro atoms. The Morgan fingerprint density at radius 3 is 3.00 bits per heavy atom. The van der Waals surface area contributed by atoms with Crippen LogP contribution in [0.4, 0.5) is 0 Å². The average molecular weight is 298 g/mol. The predicted molar refractivity (Wildman–Crippen MR) is 79.7 cm³/mol. The van der Waals surface area contributed by atoms with E-state index in [1.807, 2.05) is 0 Å². The molecule has 1 fully saturated rings. The first-order chi connectivity index (χ1) is 9.61. The Labute approximate surface area is 124 Å². The zero-order valence-electron chi connectivity index (χ0n) is 11.6. The van der Waals surface area contributed by atoms with Gasteiger partial charge >= 0.3 is 0 Å². The van der Waals surface area contributed by atoms with E-state index in [0.717, 1.165) is 13.0 Å². The highest BCUT2D eigenvalue weighted by atomic mass is 35.5. The van der Waals surface area contributed by atoms with Crippen molar-refractivity contribution in [2.24, 2.45) is 10.9 Å². The quantitative estimate of drug-likeness (QED) is 0.387. The number of oxime groups is 1. The molecule has 0 radical (unpaired) electrons. The Hall–Kier alpha value is -1.46. The molecule has 2 rings (SSSR count). The maximum Gasteiger partial charge on any atom is 0.171 e. The van der Waals surface area contributed by atoms with Gasteiger partial charge in [0.25, 0.3) is 0 Å². The van der Waals surface area contributed by atoms with Crippen molar-refractivity contribution in [2.45, 2.75) is 25.3 Å². The smallest absolute Gasteiger partial charge is 0.171 e. The van der Waals surface area contributed by atoms with E-state index in [1.165, 1.54) is 12.8 Å². The van der Waals surface area contributed by atoms with Crippen molar-refractivity contribution in [3.05, 3.63) is 28.8 Å². The molecule has 5 nitrogen and oxygen atoms in total. The molecule has 1 atom stereocenters. The van der Waals surface area contributed by atoms with Gasteiger partial charge in [-0.1, -0.05) is 23.2 Å². The second-order valence-corrected chi connectivity index (χ2v) is 5.48. The van der Waals surface area contributed by atoms with E-state index in [2.05, 4.69) is 17.1 Å². The maximum absolute atomic E-state index is 8.65. The number of ether oxygens (including phenoxy) is 1. The summed E-state index contributed by atoms with van der Waals surface area (Å²) in [5.74, 6) is 0.692. The fourth-order valence-electron chi connectivity index (χ4n) is 2.39. The van der Waals surface area contributed by atoms with Crippen molar-refractivity contribution in [1.29, 1.82) is 0 Å². The molecular formula is C14H20ClN3O2. The van der Waals surface area contributed by atoms with Crippen molar-refractivity contribution in [2.75, 3.05) is 20.2 Å². The Kier molecular flexibility index (Phi) is 5.09. The molecule has 6 heteroatoms. The van der Waals surface area contributed by atoms with Crippen molar-refractivity contribution in [1.82, 2.24) is 4.90 Å². The highest BCUT2D eigenvalue weighted by Gasteiger charge is 2.19. The molecule has 1 aliphatic heterocycles. The molecule has 0 aromatic heterocycles. The molecule has 1 heterocycles. The number of likely N-dealkylation sites (N-methyl/N-ethyl adjacent to an activating group) is 1. The number of halogens is 1. The van der Waals surface area contributed by atoms with Gasteiger partial charge in [-0.15, -0.1) is 0 Å². The number of rotatable bonds is 4. The van der Waals surface area contributed by atoms with Crippen LogP contribution in [0, 0.1) is 0 Å². The van der Waals surface area contributed by atoms with Crippen LogP contribution in [0.15, 0.2) is 23.4 Å². The first-order valence-electron chi connectivity index (χ1n) is 6.72. The van der Waals surface area contributed by atoms with Crippen LogP contribution in [0.3, 0.4) is 0 Å². The van der Waals surface area contributed by atoms with Gasteiger partial charge in [-0.05, 0) is 44.6 Å². The van der Waals surface area contributed by atoms with Gasteiger partial charge in [-0.2, -0.15) is 0 Å². The van der Waals surface area contributed by atoms with Crippen LogP contribution in [0.1, 0.15) is 24.8 Å². The lowest BCUT2D eigenvalue weighted by molar-refractivity contribution is 0.125. The van der Waals surface area contributed by atoms with E-state index in [9.17, 15) is 0 Å². The molecule has 1 aliphatic rings. The molecule has 110 valence electrons. The van der Waals surface area contributed by atoms with Crippen LogP contribution in [0.5, 0.6) is 5.75 Å². The maximum atomic E-state index is 8.65. The van der Waals surface area contributed by atoms with Gasteiger partial charge in [0.05, 0.1) is 5.02 Å². The summed E-state index contributed by atoms with van der Waals surface area (Å²) >= 11 is 6.09. The van der Waals surface area contributed by atoms with Crippen molar-refractivity contribution < 1.29 is 9.94 Å². The standard InChI is InChI=1S/C14H20ClN3O2/c1-18-7-3-2-4-10(18)9-20-11-5-6-12(13(15)8-11)14(16)17-19/h5-6,8,10,19H,2-4,7,9H2,1H3,(H2,16,17). The van der Waals surface area contributed by atoms with Crippen LogP contribution in [-0.2, 0) is 0 Å². The molecule has 0 saturated carbocycles. The van der Waals surface area contributed by atoms with Crippen molar-refractivity contribution in [3.63, 3.8) is 0 Å². The lowest BCUT2D eigenvalue weighted by Crippen LogP contribution is -2.40.